The number of aryl methyl sites for hydroxylation is 1. The van der Waals surface area contributed by atoms with Crippen LogP contribution in [0.15, 0.2) is 42.5 Å². The second-order valence-electron chi connectivity index (χ2n) is 5.75. The van der Waals surface area contributed by atoms with Gasteiger partial charge in [-0.05, 0) is 24.6 Å². The molecule has 100 valence electrons. The van der Waals surface area contributed by atoms with Gasteiger partial charge in [0.25, 0.3) is 5.91 Å². The third kappa shape index (κ3) is 1.27. The number of carbonyl (C=O) groups is 1. The lowest BCUT2D eigenvalue weighted by molar-refractivity contribution is -0.121. The summed E-state index contributed by atoms with van der Waals surface area (Å²) in [7, 11) is 1.86. The summed E-state index contributed by atoms with van der Waals surface area (Å²) >= 11 is 0. The smallest absolute Gasteiger partial charge is 0.257 e. The number of nitrogens with one attached hydrogen (secondary N) is 1. The Labute approximate surface area is 118 Å². The fraction of sp³-hybridized carbons (Fsp3) is 0.235. The topological polar surface area (TPSA) is 32.3 Å². The third-order valence-electron chi connectivity index (χ3n) is 4.46. The van der Waals surface area contributed by atoms with Gasteiger partial charge in [-0.1, -0.05) is 35.9 Å². The van der Waals surface area contributed by atoms with Gasteiger partial charge in [-0.15, -0.1) is 0 Å². The summed E-state index contributed by atoms with van der Waals surface area (Å²) in [5, 5.41) is 3.48. The van der Waals surface area contributed by atoms with Gasteiger partial charge in [-0.25, -0.2) is 0 Å². The van der Waals surface area contributed by atoms with Crippen molar-refractivity contribution in [3.63, 3.8) is 0 Å². The van der Waals surface area contributed by atoms with Crippen LogP contribution in [0.25, 0.3) is 0 Å². The molecule has 3 nitrogen and oxygen atoms in total. The first-order valence-electron chi connectivity index (χ1n) is 6.87. The molecule has 1 spiro atoms. The fourth-order valence-electron chi connectivity index (χ4n) is 3.44. The van der Waals surface area contributed by atoms with Crippen LogP contribution in [-0.4, -0.2) is 13.0 Å². The molecule has 20 heavy (non-hydrogen) atoms. The molecule has 1 N–H and O–H groups in total. The van der Waals surface area contributed by atoms with E-state index < -0.39 is 5.54 Å². The summed E-state index contributed by atoms with van der Waals surface area (Å²) in [6.45, 7) is 2.07. The first-order chi connectivity index (χ1) is 9.62. The van der Waals surface area contributed by atoms with E-state index in [2.05, 4.69) is 30.4 Å². The molecule has 2 aromatic rings. The number of benzene rings is 2. The highest BCUT2D eigenvalue weighted by Gasteiger charge is 2.52. The van der Waals surface area contributed by atoms with Crippen LogP contribution in [0.5, 0.6) is 0 Å². The minimum atomic E-state index is -0.611. The molecule has 3 heteroatoms. The van der Waals surface area contributed by atoms with Crippen molar-refractivity contribution in [3.8, 4) is 0 Å². The van der Waals surface area contributed by atoms with E-state index in [1.54, 1.807) is 4.90 Å². The maximum atomic E-state index is 12.8. The number of likely N-dealkylation sites (N-methyl/N-ethyl adjacent to an activating group) is 1. The van der Waals surface area contributed by atoms with Crippen LogP contribution in [-0.2, 0) is 16.8 Å². The largest absolute Gasteiger partial charge is 0.367 e. The van der Waals surface area contributed by atoms with Crippen molar-refractivity contribution in [2.45, 2.75) is 18.9 Å². The van der Waals surface area contributed by atoms with Crippen molar-refractivity contribution >= 4 is 17.3 Å². The van der Waals surface area contributed by atoms with Crippen LogP contribution >= 0.6 is 0 Å². The Morgan fingerprint density at radius 3 is 2.80 bits per heavy atom. The standard InChI is InChI=1S/C17H16N2O/c1-11-7-8-15-13(9-11)17(16(20)19(15)2)10-12-5-3-4-6-14(12)18-17/h3-9,18H,10H2,1-2H3. The SMILES string of the molecule is Cc1ccc2c(c1)C1(Cc3ccccc3N1)C(=O)N2C. The molecule has 2 aliphatic rings. The molecule has 4 rings (SSSR count). The van der Waals surface area contributed by atoms with E-state index in [4.69, 9.17) is 0 Å². The van der Waals surface area contributed by atoms with Gasteiger partial charge in [0.15, 0.2) is 0 Å². The molecule has 2 heterocycles. The second-order valence-corrected chi connectivity index (χ2v) is 5.75. The van der Waals surface area contributed by atoms with Crippen LogP contribution < -0.4 is 10.2 Å². The Hall–Kier alpha value is -2.29. The number of para-hydroxylation sites is 1. The van der Waals surface area contributed by atoms with E-state index in [0.717, 1.165) is 23.4 Å². The molecule has 0 fully saturated rings. The van der Waals surface area contributed by atoms with Crippen molar-refractivity contribution in [2.24, 2.45) is 0 Å². The monoisotopic (exact) mass is 264 g/mol. The van der Waals surface area contributed by atoms with E-state index in [-0.39, 0.29) is 5.91 Å². The number of anilines is 2. The Bertz CT molecular complexity index is 711. The average Bonchev–Trinajstić information content (AvgIpc) is 2.93. The van der Waals surface area contributed by atoms with Crippen molar-refractivity contribution in [2.75, 3.05) is 17.3 Å². The lowest BCUT2D eigenvalue weighted by Crippen LogP contribution is -2.43. The molecule has 0 saturated heterocycles. The van der Waals surface area contributed by atoms with Crippen LogP contribution in [0.1, 0.15) is 16.7 Å². The Kier molecular flexibility index (Phi) is 2.09. The van der Waals surface area contributed by atoms with Gasteiger partial charge in [-0.2, -0.15) is 0 Å². The number of nitrogens with zero attached hydrogens (tertiary/aromatic N) is 1. The normalized spacial score (nSPS) is 22.9. The summed E-state index contributed by atoms with van der Waals surface area (Å²) in [6.07, 6.45) is 0.725. The summed E-state index contributed by atoms with van der Waals surface area (Å²) in [6, 6.07) is 14.4. The van der Waals surface area contributed by atoms with E-state index in [9.17, 15) is 4.79 Å². The number of rotatable bonds is 0. The molecular formula is C17H16N2O. The highest BCUT2D eigenvalue weighted by molar-refractivity contribution is 6.10. The second kappa shape index (κ2) is 3.63. The quantitative estimate of drug-likeness (QED) is 0.793. The maximum Gasteiger partial charge on any atom is 0.257 e. The highest BCUT2D eigenvalue weighted by atomic mass is 16.2. The van der Waals surface area contributed by atoms with Crippen molar-refractivity contribution in [1.29, 1.82) is 0 Å². The minimum absolute atomic E-state index is 0.134. The summed E-state index contributed by atoms with van der Waals surface area (Å²) in [5.41, 5.74) is 4.97. The molecule has 0 aromatic heterocycles. The lowest BCUT2D eigenvalue weighted by atomic mass is 9.87. The predicted molar refractivity (Wildman–Crippen MR) is 80.0 cm³/mol. The number of hydrogen-bond donors (Lipinski definition) is 1. The van der Waals surface area contributed by atoms with E-state index >= 15 is 0 Å². The molecule has 1 amide bonds. The van der Waals surface area contributed by atoms with Crippen LogP contribution in [0.3, 0.4) is 0 Å². The van der Waals surface area contributed by atoms with Gasteiger partial charge in [0.05, 0.1) is 0 Å². The lowest BCUT2D eigenvalue weighted by Gasteiger charge is -2.23. The average molecular weight is 264 g/mol. The molecule has 0 saturated carbocycles. The summed E-state index contributed by atoms with van der Waals surface area (Å²) in [4.78, 5) is 14.6. The number of amides is 1. The van der Waals surface area contributed by atoms with Crippen LogP contribution in [0.2, 0.25) is 0 Å². The molecule has 2 aliphatic heterocycles. The van der Waals surface area contributed by atoms with Crippen molar-refractivity contribution < 1.29 is 4.79 Å². The molecule has 2 aromatic carbocycles. The zero-order valence-electron chi connectivity index (χ0n) is 11.6. The molecular weight excluding hydrogens is 248 g/mol. The van der Waals surface area contributed by atoms with Crippen molar-refractivity contribution in [3.05, 3.63) is 59.2 Å². The molecule has 1 atom stereocenters. The number of fused-ring (bicyclic) bond motifs is 3. The fourth-order valence-corrected chi connectivity index (χ4v) is 3.44. The Morgan fingerprint density at radius 1 is 1.20 bits per heavy atom. The molecule has 0 aliphatic carbocycles. The first-order valence-corrected chi connectivity index (χ1v) is 6.87. The zero-order valence-corrected chi connectivity index (χ0v) is 11.6. The van der Waals surface area contributed by atoms with Gasteiger partial charge >= 0.3 is 0 Å². The van der Waals surface area contributed by atoms with Crippen molar-refractivity contribution in [1.82, 2.24) is 0 Å². The Balaban J connectivity index is 1.93. The predicted octanol–water partition coefficient (Wildman–Crippen LogP) is 2.83. The van der Waals surface area contributed by atoms with Crippen LogP contribution in [0.4, 0.5) is 11.4 Å². The highest BCUT2D eigenvalue weighted by Crippen LogP contribution is 2.48. The van der Waals surface area contributed by atoms with Gasteiger partial charge in [0.1, 0.15) is 5.54 Å². The van der Waals surface area contributed by atoms with E-state index in [1.165, 1.54) is 11.1 Å². The maximum absolute atomic E-state index is 12.8. The molecule has 0 radical (unpaired) electrons. The summed E-state index contributed by atoms with van der Waals surface area (Å²) in [5.74, 6) is 0.134. The van der Waals surface area contributed by atoms with Gasteiger partial charge < -0.3 is 10.2 Å². The Morgan fingerprint density at radius 2 is 2.00 bits per heavy atom. The summed E-state index contributed by atoms with van der Waals surface area (Å²) < 4.78 is 0. The molecule has 0 bridgehead atoms. The number of carbonyl (C=O) groups excluding carboxylic acids is 1. The molecule has 1 unspecified atom stereocenters. The zero-order chi connectivity index (χ0) is 13.9. The third-order valence-corrected chi connectivity index (χ3v) is 4.46. The van der Waals surface area contributed by atoms with Gasteiger partial charge in [0.2, 0.25) is 0 Å². The first kappa shape index (κ1) is 11.5. The van der Waals surface area contributed by atoms with E-state index in [0.29, 0.717) is 0 Å². The van der Waals surface area contributed by atoms with Gasteiger partial charge in [-0.3, -0.25) is 4.79 Å². The minimum Gasteiger partial charge on any atom is -0.367 e. The number of hydrogen-bond acceptors (Lipinski definition) is 2. The van der Waals surface area contributed by atoms with Crippen LogP contribution in [0, 0.1) is 6.92 Å². The van der Waals surface area contributed by atoms with Gasteiger partial charge in [0, 0.05) is 30.4 Å². The van der Waals surface area contributed by atoms with E-state index in [1.807, 2.05) is 31.3 Å².